The van der Waals surface area contributed by atoms with Gasteiger partial charge in [0, 0.05) is 19.1 Å². The Balaban J connectivity index is 2.37. The number of nitrogens with zero attached hydrogens (tertiary/aromatic N) is 2. The van der Waals surface area contributed by atoms with Crippen LogP contribution in [0.5, 0.6) is 0 Å². The monoisotopic (exact) mass is 227 g/mol. The van der Waals surface area contributed by atoms with Crippen molar-refractivity contribution in [2.45, 2.75) is 38.8 Å². The van der Waals surface area contributed by atoms with E-state index < -0.39 is 0 Å². The topological polar surface area (TPSA) is 35.6 Å². The van der Waals surface area contributed by atoms with Crippen molar-refractivity contribution in [3.63, 3.8) is 0 Å². The number of hydrogen-bond acceptors (Lipinski definition) is 3. The highest BCUT2D eigenvalue weighted by Crippen LogP contribution is 2.10. The Kier molecular flexibility index (Phi) is 5.22. The quantitative estimate of drug-likeness (QED) is 0.761. The van der Waals surface area contributed by atoms with Gasteiger partial charge in [0.2, 0.25) is 5.91 Å². The molecule has 1 aliphatic heterocycles. The second kappa shape index (κ2) is 6.21. The Morgan fingerprint density at radius 2 is 1.88 bits per heavy atom. The van der Waals surface area contributed by atoms with E-state index in [9.17, 15) is 4.79 Å². The van der Waals surface area contributed by atoms with Crippen LogP contribution in [0.25, 0.3) is 0 Å². The highest BCUT2D eigenvalue weighted by atomic mass is 16.2. The summed E-state index contributed by atoms with van der Waals surface area (Å²) in [6, 6.07) is 0.847. The molecule has 0 aromatic carbocycles. The second-order valence-electron chi connectivity index (χ2n) is 4.99. The highest BCUT2D eigenvalue weighted by molar-refractivity contribution is 5.78. The minimum atomic E-state index is 0.219. The van der Waals surface area contributed by atoms with Gasteiger partial charge in [0.05, 0.1) is 6.54 Å². The summed E-state index contributed by atoms with van der Waals surface area (Å²) in [5, 5.41) is 3.34. The first kappa shape index (κ1) is 13.5. The fourth-order valence-electron chi connectivity index (χ4n) is 1.99. The maximum Gasteiger partial charge on any atom is 0.236 e. The lowest BCUT2D eigenvalue weighted by molar-refractivity contribution is -0.132. The summed E-state index contributed by atoms with van der Waals surface area (Å²) in [7, 11) is 3.94. The summed E-state index contributed by atoms with van der Waals surface area (Å²) >= 11 is 0. The largest absolute Gasteiger partial charge is 0.342 e. The zero-order valence-corrected chi connectivity index (χ0v) is 11.0. The summed E-state index contributed by atoms with van der Waals surface area (Å²) in [6.07, 6.45) is 2.30. The zero-order chi connectivity index (χ0) is 12.1. The van der Waals surface area contributed by atoms with Crippen LogP contribution >= 0.6 is 0 Å². The van der Waals surface area contributed by atoms with Crippen LogP contribution in [0.2, 0.25) is 0 Å². The first-order chi connectivity index (χ1) is 7.52. The van der Waals surface area contributed by atoms with Gasteiger partial charge in [0.25, 0.3) is 0 Å². The van der Waals surface area contributed by atoms with Crippen LogP contribution in [0.15, 0.2) is 0 Å². The van der Waals surface area contributed by atoms with E-state index in [0.717, 1.165) is 25.9 Å². The molecule has 0 saturated carbocycles. The molecule has 0 atom stereocenters. The molecule has 0 aromatic rings. The third-order valence-electron chi connectivity index (χ3n) is 3.48. The SMILES string of the molecule is CC(C)N(C)C(=O)CN(C)C1CCNCC1. The second-order valence-corrected chi connectivity index (χ2v) is 4.99. The molecule has 4 nitrogen and oxygen atoms in total. The molecule has 1 fully saturated rings. The van der Waals surface area contributed by atoms with Crippen molar-refractivity contribution in [1.29, 1.82) is 0 Å². The average molecular weight is 227 g/mol. The van der Waals surface area contributed by atoms with E-state index in [1.807, 2.05) is 25.8 Å². The van der Waals surface area contributed by atoms with Gasteiger partial charge in [-0.3, -0.25) is 9.69 Å². The van der Waals surface area contributed by atoms with E-state index in [0.29, 0.717) is 12.6 Å². The molecular weight excluding hydrogens is 202 g/mol. The van der Waals surface area contributed by atoms with Gasteiger partial charge in [-0.1, -0.05) is 0 Å². The molecule has 0 radical (unpaired) electrons. The maximum atomic E-state index is 11.9. The molecule has 0 unspecified atom stereocenters. The predicted octanol–water partition coefficient (Wildman–Crippen LogP) is 0.537. The summed E-state index contributed by atoms with van der Waals surface area (Å²) < 4.78 is 0. The molecule has 1 amide bonds. The van der Waals surface area contributed by atoms with Crippen LogP contribution < -0.4 is 5.32 Å². The van der Waals surface area contributed by atoms with Gasteiger partial charge < -0.3 is 10.2 Å². The minimum Gasteiger partial charge on any atom is -0.342 e. The van der Waals surface area contributed by atoms with Crippen molar-refractivity contribution < 1.29 is 4.79 Å². The molecule has 1 heterocycles. The van der Waals surface area contributed by atoms with Gasteiger partial charge in [-0.15, -0.1) is 0 Å². The van der Waals surface area contributed by atoms with Gasteiger partial charge in [-0.25, -0.2) is 0 Å². The Bertz CT molecular complexity index is 224. The van der Waals surface area contributed by atoms with Crippen molar-refractivity contribution in [3.05, 3.63) is 0 Å². The van der Waals surface area contributed by atoms with Crippen LogP contribution in [0.3, 0.4) is 0 Å². The van der Waals surface area contributed by atoms with Crippen molar-refractivity contribution >= 4 is 5.91 Å². The fourth-order valence-corrected chi connectivity index (χ4v) is 1.99. The molecule has 0 aliphatic carbocycles. The van der Waals surface area contributed by atoms with Gasteiger partial charge in [0.15, 0.2) is 0 Å². The molecule has 1 rings (SSSR count). The first-order valence-electron chi connectivity index (χ1n) is 6.19. The number of likely N-dealkylation sites (N-methyl/N-ethyl adjacent to an activating group) is 2. The van der Waals surface area contributed by atoms with Crippen molar-refractivity contribution in [2.75, 3.05) is 33.7 Å². The molecular formula is C12H25N3O. The third-order valence-corrected chi connectivity index (χ3v) is 3.48. The normalized spacial score (nSPS) is 18.1. The van der Waals surface area contributed by atoms with Crippen LogP contribution in [-0.4, -0.2) is 61.5 Å². The zero-order valence-electron chi connectivity index (χ0n) is 11.0. The molecule has 1 saturated heterocycles. The molecule has 4 heteroatoms. The molecule has 0 aromatic heterocycles. The average Bonchev–Trinajstić information content (AvgIpc) is 2.28. The number of piperidine rings is 1. The lowest BCUT2D eigenvalue weighted by Gasteiger charge is -2.32. The van der Waals surface area contributed by atoms with Crippen LogP contribution in [-0.2, 0) is 4.79 Å². The summed E-state index contributed by atoms with van der Waals surface area (Å²) in [4.78, 5) is 15.9. The number of carbonyl (C=O) groups excluding carboxylic acids is 1. The Labute approximate surface area is 99.0 Å². The van der Waals surface area contributed by atoms with Crippen molar-refractivity contribution in [2.24, 2.45) is 0 Å². The molecule has 94 valence electrons. The van der Waals surface area contributed by atoms with Gasteiger partial charge in [-0.2, -0.15) is 0 Å². The number of amides is 1. The van der Waals surface area contributed by atoms with Gasteiger partial charge in [-0.05, 0) is 46.8 Å². The number of carbonyl (C=O) groups is 1. The Hall–Kier alpha value is -0.610. The minimum absolute atomic E-state index is 0.219. The van der Waals surface area contributed by atoms with E-state index >= 15 is 0 Å². The molecule has 16 heavy (non-hydrogen) atoms. The lowest BCUT2D eigenvalue weighted by Crippen LogP contribution is -2.46. The molecule has 1 aliphatic rings. The Morgan fingerprint density at radius 1 is 1.31 bits per heavy atom. The first-order valence-corrected chi connectivity index (χ1v) is 6.19. The van der Waals surface area contributed by atoms with Crippen LogP contribution in [0.4, 0.5) is 0 Å². The van der Waals surface area contributed by atoms with E-state index in [1.165, 1.54) is 0 Å². The fraction of sp³-hybridized carbons (Fsp3) is 0.917. The van der Waals surface area contributed by atoms with Crippen LogP contribution in [0, 0.1) is 0 Å². The van der Waals surface area contributed by atoms with Gasteiger partial charge >= 0.3 is 0 Å². The van der Waals surface area contributed by atoms with Gasteiger partial charge in [0.1, 0.15) is 0 Å². The van der Waals surface area contributed by atoms with Crippen molar-refractivity contribution in [1.82, 2.24) is 15.1 Å². The standard InChI is InChI=1S/C12H25N3O/c1-10(2)15(4)12(16)9-14(3)11-5-7-13-8-6-11/h10-11,13H,5-9H2,1-4H3. The maximum absolute atomic E-state index is 11.9. The molecule has 0 spiro atoms. The highest BCUT2D eigenvalue weighted by Gasteiger charge is 2.21. The summed E-state index contributed by atoms with van der Waals surface area (Å²) in [5.41, 5.74) is 0. The smallest absolute Gasteiger partial charge is 0.236 e. The molecule has 0 bridgehead atoms. The third kappa shape index (κ3) is 3.76. The lowest BCUT2D eigenvalue weighted by atomic mass is 10.1. The van der Waals surface area contributed by atoms with E-state index in [4.69, 9.17) is 0 Å². The number of hydrogen-bond donors (Lipinski definition) is 1. The van der Waals surface area contributed by atoms with Crippen molar-refractivity contribution in [3.8, 4) is 0 Å². The van der Waals surface area contributed by atoms with E-state index in [-0.39, 0.29) is 11.9 Å². The van der Waals surface area contributed by atoms with E-state index in [1.54, 1.807) is 0 Å². The summed E-state index contributed by atoms with van der Waals surface area (Å²) in [6.45, 7) is 6.77. The van der Waals surface area contributed by atoms with E-state index in [2.05, 4.69) is 17.3 Å². The molecule has 1 N–H and O–H groups in total. The summed E-state index contributed by atoms with van der Waals surface area (Å²) in [5.74, 6) is 0.219. The number of nitrogens with one attached hydrogen (secondary N) is 1. The number of rotatable bonds is 4. The van der Waals surface area contributed by atoms with Crippen LogP contribution in [0.1, 0.15) is 26.7 Å². The Morgan fingerprint density at radius 3 is 2.38 bits per heavy atom. The predicted molar refractivity (Wildman–Crippen MR) is 66.4 cm³/mol.